The van der Waals surface area contributed by atoms with Crippen molar-refractivity contribution >= 4 is 81.5 Å². The number of nitro groups is 1. The number of nitrogens with one attached hydrogen (secondary N) is 1. The second-order valence-electron chi connectivity index (χ2n) is 6.96. The molecule has 2 aromatic rings. The van der Waals surface area contributed by atoms with E-state index in [0.29, 0.717) is 4.90 Å². The first-order valence-electron chi connectivity index (χ1n) is 9.43. The Morgan fingerprint density at radius 2 is 1.60 bits per heavy atom. The molecular formula is C20H13Cl4N3O8. The number of carbonyl (C=O) groups excluding carboxylic acids is 4. The maximum Gasteiger partial charge on any atom is 0.329 e. The van der Waals surface area contributed by atoms with Crippen LogP contribution in [0.1, 0.15) is 27.6 Å². The molecule has 0 aliphatic carbocycles. The molecule has 1 aliphatic rings. The Labute approximate surface area is 216 Å². The summed E-state index contributed by atoms with van der Waals surface area (Å²) in [6.07, 6.45) is 0. The summed E-state index contributed by atoms with van der Waals surface area (Å²) in [7, 11) is 1.33. The van der Waals surface area contributed by atoms with Gasteiger partial charge in [-0.3, -0.25) is 29.4 Å². The Morgan fingerprint density at radius 3 is 2.09 bits per heavy atom. The van der Waals surface area contributed by atoms with Gasteiger partial charge in [0.15, 0.2) is 6.61 Å². The molecule has 0 fully saturated rings. The smallest absolute Gasteiger partial charge is 0.329 e. The van der Waals surface area contributed by atoms with Crippen LogP contribution < -0.4 is 10.1 Å². The molecule has 35 heavy (non-hydrogen) atoms. The second-order valence-corrected chi connectivity index (χ2v) is 8.47. The van der Waals surface area contributed by atoms with E-state index in [0.717, 1.165) is 6.07 Å². The summed E-state index contributed by atoms with van der Waals surface area (Å²) in [4.78, 5) is 61.4. The number of fused-ring (bicyclic) bond motifs is 1. The Morgan fingerprint density at radius 1 is 1.06 bits per heavy atom. The summed E-state index contributed by atoms with van der Waals surface area (Å²) in [5, 5.41) is 12.3. The van der Waals surface area contributed by atoms with E-state index < -0.39 is 47.0 Å². The number of nitrogens with zero attached hydrogens (tertiary/aromatic N) is 2. The summed E-state index contributed by atoms with van der Waals surface area (Å²) in [6, 6.07) is 2.17. The van der Waals surface area contributed by atoms with Gasteiger partial charge >= 0.3 is 5.97 Å². The summed E-state index contributed by atoms with van der Waals surface area (Å²) >= 11 is 24.0. The first-order valence-corrected chi connectivity index (χ1v) is 10.9. The Kier molecular flexibility index (Phi) is 7.75. The fourth-order valence-corrected chi connectivity index (χ4v) is 4.18. The number of imide groups is 1. The Bertz CT molecular complexity index is 1250. The zero-order valence-electron chi connectivity index (χ0n) is 17.7. The normalized spacial score (nSPS) is 13.4. The first kappa shape index (κ1) is 26.5. The van der Waals surface area contributed by atoms with Crippen LogP contribution in [0.5, 0.6) is 5.75 Å². The predicted octanol–water partition coefficient (Wildman–Crippen LogP) is 4.38. The van der Waals surface area contributed by atoms with E-state index in [-0.39, 0.29) is 42.7 Å². The number of methoxy groups -OCH3 is 1. The molecule has 3 rings (SSSR count). The highest BCUT2D eigenvalue weighted by molar-refractivity contribution is 6.55. The van der Waals surface area contributed by atoms with E-state index in [4.69, 9.17) is 55.9 Å². The van der Waals surface area contributed by atoms with E-state index in [1.807, 2.05) is 0 Å². The number of halogens is 4. The van der Waals surface area contributed by atoms with Crippen molar-refractivity contribution in [1.29, 1.82) is 0 Å². The van der Waals surface area contributed by atoms with Crippen LogP contribution in [-0.4, -0.2) is 53.3 Å². The van der Waals surface area contributed by atoms with Crippen molar-refractivity contribution in [2.24, 2.45) is 0 Å². The van der Waals surface area contributed by atoms with Gasteiger partial charge in [0, 0.05) is 12.1 Å². The van der Waals surface area contributed by atoms with Gasteiger partial charge in [0.1, 0.15) is 17.5 Å². The Balaban J connectivity index is 1.73. The van der Waals surface area contributed by atoms with E-state index >= 15 is 0 Å². The van der Waals surface area contributed by atoms with Gasteiger partial charge < -0.3 is 14.8 Å². The van der Waals surface area contributed by atoms with Crippen LogP contribution in [0.25, 0.3) is 0 Å². The number of carbonyl (C=O) groups is 4. The minimum absolute atomic E-state index is 0.193. The van der Waals surface area contributed by atoms with Crippen LogP contribution in [0.3, 0.4) is 0 Å². The monoisotopic (exact) mass is 563 g/mol. The van der Waals surface area contributed by atoms with Gasteiger partial charge in [0.25, 0.3) is 23.4 Å². The highest BCUT2D eigenvalue weighted by Gasteiger charge is 2.45. The maximum absolute atomic E-state index is 12.8. The molecule has 1 N–H and O–H groups in total. The molecule has 11 nitrogen and oxygen atoms in total. The van der Waals surface area contributed by atoms with Crippen LogP contribution in [0.15, 0.2) is 18.2 Å². The molecule has 0 saturated heterocycles. The molecule has 3 amide bonds. The lowest BCUT2D eigenvalue weighted by Crippen LogP contribution is -2.44. The lowest BCUT2D eigenvalue weighted by molar-refractivity contribution is -0.383. The fourth-order valence-electron chi connectivity index (χ4n) is 3.17. The molecule has 1 heterocycles. The second kappa shape index (κ2) is 10.2. The van der Waals surface area contributed by atoms with Crippen molar-refractivity contribution in [2.45, 2.75) is 13.0 Å². The van der Waals surface area contributed by atoms with Gasteiger partial charge in [0.05, 0.1) is 43.3 Å². The van der Waals surface area contributed by atoms with Crippen molar-refractivity contribution in [3.8, 4) is 5.75 Å². The van der Waals surface area contributed by atoms with Crippen molar-refractivity contribution in [3.05, 3.63) is 59.5 Å². The third kappa shape index (κ3) is 4.85. The van der Waals surface area contributed by atoms with Gasteiger partial charge in [-0.15, -0.1) is 0 Å². The van der Waals surface area contributed by atoms with Gasteiger partial charge in [0.2, 0.25) is 0 Å². The maximum atomic E-state index is 12.8. The van der Waals surface area contributed by atoms with Crippen LogP contribution in [0, 0.1) is 10.1 Å². The van der Waals surface area contributed by atoms with Crippen molar-refractivity contribution in [3.63, 3.8) is 0 Å². The molecule has 0 radical (unpaired) electrons. The topological polar surface area (TPSA) is 145 Å². The molecule has 0 aromatic heterocycles. The van der Waals surface area contributed by atoms with Crippen LogP contribution in [0.4, 0.5) is 11.4 Å². The quantitative estimate of drug-likeness (QED) is 0.130. The number of benzene rings is 2. The Hall–Kier alpha value is -3.12. The molecule has 1 atom stereocenters. The van der Waals surface area contributed by atoms with Crippen molar-refractivity contribution in [1.82, 2.24) is 4.90 Å². The lowest BCUT2D eigenvalue weighted by atomic mass is 10.1. The summed E-state index contributed by atoms with van der Waals surface area (Å²) in [5.41, 5.74) is -1.25. The third-order valence-corrected chi connectivity index (χ3v) is 6.68. The molecule has 0 unspecified atom stereocenters. The van der Waals surface area contributed by atoms with Gasteiger partial charge in [-0.05, 0) is 13.0 Å². The zero-order chi connectivity index (χ0) is 26.2. The SMILES string of the molecule is COc1ccc([N+](=O)[O-])c(NC(=O)COC(=O)[C@H](C)N2C(=O)c3c(Cl)c(Cl)c(Cl)c(Cl)c3C2=O)c1. The average Bonchev–Trinajstić information content (AvgIpc) is 3.08. The van der Waals surface area contributed by atoms with Crippen molar-refractivity contribution < 1.29 is 33.6 Å². The van der Waals surface area contributed by atoms with E-state index in [1.54, 1.807) is 0 Å². The molecular weight excluding hydrogens is 552 g/mol. The van der Waals surface area contributed by atoms with Gasteiger partial charge in [-0.1, -0.05) is 46.4 Å². The summed E-state index contributed by atoms with van der Waals surface area (Å²) in [6.45, 7) is 0.305. The minimum Gasteiger partial charge on any atom is -0.497 e. The van der Waals surface area contributed by atoms with E-state index in [2.05, 4.69) is 5.32 Å². The average molecular weight is 565 g/mol. The van der Waals surface area contributed by atoms with Crippen LogP contribution in [0.2, 0.25) is 20.1 Å². The fraction of sp³-hybridized carbons (Fsp3) is 0.200. The number of esters is 1. The van der Waals surface area contributed by atoms with Crippen LogP contribution >= 0.6 is 46.4 Å². The molecule has 0 saturated carbocycles. The van der Waals surface area contributed by atoms with Crippen LogP contribution in [-0.2, 0) is 14.3 Å². The largest absolute Gasteiger partial charge is 0.497 e. The number of anilines is 1. The minimum atomic E-state index is -1.49. The highest BCUT2D eigenvalue weighted by Crippen LogP contribution is 2.45. The van der Waals surface area contributed by atoms with E-state index in [1.165, 1.54) is 26.2 Å². The molecule has 15 heteroatoms. The molecule has 0 bridgehead atoms. The number of ether oxygens (including phenoxy) is 2. The predicted molar refractivity (Wildman–Crippen MR) is 126 cm³/mol. The van der Waals surface area contributed by atoms with Crippen molar-refractivity contribution in [2.75, 3.05) is 19.0 Å². The lowest BCUT2D eigenvalue weighted by Gasteiger charge is -2.20. The first-order chi connectivity index (χ1) is 16.4. The summed E-state index contributed by atoms with van der Waals surface area (Å²) in [5.74, 6) is -3.74. The van der Waals surface area contributed by atoms with E-state index in [9.17, 15) is 29.3 Å². The standard InChI is InChI=1S/C20H13Cl4N3O8/c1-7(26-18(29)12-13(19(26)30)15(22)17(24)16(23)14(12)21)20(31)35-6-11(28)25-9-5-8(34-2)3-4-10(9)27(32)33/h3-5,7H,6H2,1-2H3,(H,25,28)/t7-/m0/s1. The molecule has 0 spiro atoms. The summed E-state index contributed by atoms with van der Waals surface area (Å²) < 4.78 is 9.87. The number of nitro benzene ring substituents is 1. The number of hydrogen-bond acceptors (Lipinski definition) is 8. The molecule has 184 valence electrons. The molecule has 2 aromatic carbocycles. The molecule has 1 aliphatic heterocycles. The highest BCUT2D eigenvalue weighted by atomic mass is 35.5. The number of amides is 3. The van der Waals surface area contributed by atoms with Gasteiger partial charge in [-0.2, -0.15) is 0 Å². The van der Waals surface area contributed by atoms with Gasteiger partial charge in [-0.25, -0.2) is 4.79 Å². The zero-order valence-corrected chi connectivity index (χ0v) is 20.7. The number of rotatable bonds is 7. The number of hydrogen-bond donors (Lipinski definition) is 1. The third-order valence-electron chi connectivity index (χ3n) is 4.88.